The lowest BCUT2D eigenvalue weighted by Gasteiger charge is -2.26. The van der Waals surface area contributed by atoms with Crippen LogP contribution in [0, 0.1) is 5.92 Å². The molecule has 1 fully saturated rings. The van der Waals surface area contributed by atoms with E-state index in [4.69, 9.17) is 14.2 Å². The molecule has 3 nitrogen and oxygen atoms in total. The van der Waals surface area contributed by atoms with Crippen molar-refractivity contribution in [3.63, 3.8) is 0 Å². The summed E-state index contributed by atoms with van der Waals surface area (Å²) in [6.07, 6.45) is -0.133. The Kier molecular flexibility index (Phi) is 3.48. The largest absolute Gasteiger partial charge is 0.329 e. The molecule has 4 heteroatoms. The van der Waals surface area contributed by atoms with Crippen LogP contribution in [0.1, 0.15) is 6.92 Å². The molecule has 0 radical (unpaired) electrons. The average Bonchev–Trinajstić information content (AvgIpc) is 2.05. The van der Waals surface area contributed by atoms with Gasteiger partial charge in [-0.1, -0.05) is 6.92 Å². The number of hydrogen-bond acceptors (Lipinski definition) is 4. The molecule has 0 spiro atoms. The number of hydrogen-bond donors (Lipinski definition) is 1. The summed E-state index contributed by atoms with van der Waals surface area (Å²) < 4.78 is 15.1. The lowest BCUT2D eigenvalue weighted by atomic mass is 10.2. The Labute approximate surface area is 66.1 Å². The van der Waals surface area contributed by atoms with Crippen molar-refractivity contribution >= 4 is 12.6 Å². The zero-order chi connectivity index (χ0) is 7.40. The molecule has 60 valence electrons. The molecular formula is C6H12O3S. The first-order valence-corrected chi connectivity index (χ1v) is 3.89. The summed E-state index contributed by atoms with van der Waals surface area (Å²) in [7, 11) is 0. The zero-order valence-corrected chi connectivity index (χ0v) is 6.84. The third-order valence-electron chi connectivity index (χ3n) is 1.38. The average molecular weight is 164 g/mol. The highest BCUT2D eigenvalue weighted by molar-refractivity contribution is 7.80. The van der Waals surface area contributed by atoms with Gasteiger partial charge in [0.05, 0.1) is 0 Å². The fourth-order valence-corrected chi connectivity index (χ4v) is 0.899. The standard InChI is InChI=1S/C6H12O3S/c1-5(2-10)6-8-3-7-4-9-6/h5-6,10H,2-4H2,1H3. The van der Waals surface area contributed by atoms with Gasteiger partial charge in [-0.25, -0.2) is 0 Å². The summed E-state index contributed by atoms with van der Waals surface area (Å²) in [6.45, 7) is 2.70. The quantitative estimate of drug-likeness (QED) is 0.613. The van der Waals surface area contributed by atoms with Crippen LogP contribution >= 0.6 is 12.6 Å². The van der Waals surface area contributed by atoms with Crippen molar-refractivity contribution in [1.82, 2.24) is 0 Å². The molecule has 1 aliphatic rings. The van der Waals surface area contributed by atoms with Crippen molar-refractivity contribution in [2.24, 2.45) is 5.92 Å². The molecule has 0 aromatic carbocycles. The lowest BCUT2D eigenvalue weighted by Crippen LogP contribution is -2.32. The highest BCUT2D eigenvalue weighted by Crippen LogP contribution is 2.13. The van der Waals surface area contributed by atoms with Crippen LogP contribution in [-0.4, -0.2) is 25.6 Å². The molecule has 0 N–H and O–H groups in total. The minimum Gasteiger partial charge on any atom is -0.329 e. The van der Waals surface area contributed by atoms with Crippen molar-refractivity contribution in [3.05, 3.63) is 0 Å². The van der Waals surface area contributed by atoms with E-state index in [9.17, 15) is 0 Å². The molecule has 1 saturated heterocycles. The fraction of sp³-hybridized carbons (Fsp3) is 1.00. The van der Waals surface area contributed by atoms with E-state index in [0.717, 1.165) is 5.75 Å². The summed E-state index contributed by atoms with van der Waals surface area (Å²) in [6, 6.07) is 0. The van der Waals surface area contributed by atoms with Crippen LogP contribution in [0.4, 0.5) is 0 Å². The molecule has 0 amide bonds. The molecule has 0 aromatic rings. The molecule has 0 bridgehead atoms. The first-order chi connectivity index (χ1) is 4.84. The summed E-state index contributed by atoms with van der Waals surface area (Å²) in [5.41, 5.74) is 0. The van der Waals surface area contributed by atoms with Crippen molar-refractivity contribution in [3.8, 4) is 0 Å². The first kappa shape index (κ1) is 8.33. The molecular weight excluding hydrogens is 152 g/mol. The molecule has 1 rings (SSSR count). The number of ether oxygens (including phenoxy) is 3. The van der Waals surface area contributed by atoms with E-state index in [1.54, 1.807) is 0 Å². The summed E-state index contributed by atoms with van der Waals surface area (Å²) in [5, 5.41) is 0. The maximum absolute atomic E-state index is 5.14. The van der Waals surface area contributed by atoms with Crippen LogP contribution in [0.15, 0.2) is 0 Å². The van der Waals surface area contributed by atoms with E-state index in [2.05, 4.69) is 12.6 Å². The van der Waals surface area contributed by atoms with Crippen LogP contribution in [0.25, 0.3) is 0 Å². The van der Waals surface area contributed by atoms with Gasteiger partial charge in [-0.15, -0.1) is 0 Å². The minimum atomic E-state index is -0.133. The summed E-state index contributed by atoms with van der Waals surface area (Å²) in [5.74, 6) is 1.09. The van der Waals surface area contributed by atoms with Gasteiger partial charge in [0.1, 0.15) is 0 Å². The summed E-state index contributed by atoms with van der Waals surface area (Å²) in [4.78, 5) is 0. The van der Waals surface area contributed by atoms with E-state index < -0.39 is 0 Å². The van der Waals surface area contributed by atoms with E-state index in [1.807, 2.05) is 6.92 Å². The van der Waals surface area contributed by atoms with Crippen molar-refractivity contribution in [2.75, 3.05) is 19.3 Å². The van der Waals surface area contributed by atoms with Gasteiger partial charge in [-0.05, 0) is 5.75 Å². The second kappa shape index (κ2) is 4.18. The van der Waals surface area contributed by atoms with Crippen LogP contribution in [0.2, 0.25) is 0 Å². The Bertz CT molecular complexity index is 93.0. The van der Waals surface area contributed by atoms with Gasteiger partial charge in [0, 0.05) is 5.92 Å². The SMILES string of the molecule is CC(CS)C1OCOCO1. The van der Waals surface area contributed by atoms with Crippen molar-refractivity contribution in [1.29, 1.82) is 0 Å². The monoisotopic (exact) mass is 164 g/mol. The molecule has 0 saturated carbocycles. The molecule has 1 atom stereocenters. The predicted molar refractivity (Wildman–Crippen MR) is 39.8 cm³/mol. The highest BCUT2D eigenvalue weighted by Gasteiger charge is 2.20. The van der Waals surface area contributed by atoms with Crippen LogP contribution in [-0.2, 0) is 14.2 Å². The Balaban J connectivity index is 2.24. The highest BCUT2D eigenvalue weighted by atomic mass is 32.1. The molecule has 1 heterocycles. The third-order valence-corrected chi connectivity index (χ3v) is 1.96. The van der Waals surface area contributed by atoms with Gasteiger partial charge in [0.15, 0.2) is 19.9 Å². The zero-order valence-electron chi connectivity index (χ0n) is 5.95. The van der Waals surface area contributed by atoms with E-state index in [1.165, 1.54) is 0 Å². The van der Waals surface area contributed by atoms with Gasteiger partial charge in [-0.3, -0.25) is 0 Å². The van der Waals surface area contributed by atoms with Crippen molar-refractivity contribution < 1.29 is 14.2 Å². The van der Waals surface area contributed by atoms with Gasteiger partial charge in [0.25, 0.3) is 0 Å². The molecule has 1 unspecified atom stereocenters. The maximum atomic E-state index is 5.14. The van der Waals surface area contributed by atoms with Crippen LogP contribution in [0.3, 0.4) is 0 Å². The van der Waals surface area contributed by atoms with E-state index >= 15 is 0 Å². The number of rotatable bonds is 2. The minimum absolute atomic E-state index is 0.133. The van der Waals surface area contributed by atoms with Crippen LogP contribution in [0.5, 0.6) is 0 Å². The maximum Gasteiger partial charge on any atom is 0.166 e. The van der Waals surface area contributed by atoms with Crippen LogP contribution < -0.4 is 0 Å². The Morgan fingerprint density at radius 2 is 2.10 bits per heavy atom. The second-order valence-electron chi connectivity index (χ2n) is 2.30. The van der Waals surface area contributed by atoms with Crippen molar-refractivity contribution in [2.45, 2.75) is 13.2 Å². The van der Waals surface area contributed by atoms with Gasteiger partial charge >= 0.3 is 0 Å². The smallest absolute Gasteiger partial charge is 0.166 e. The Morgan fingerprint density at radius 3 is 2.60 bits per heavy atom. The third kappa shape index (κ3) is 2.12. The van der Waals surface area contributed by atoms with E-state index in [-0.39, 0.29) is 6.29 Å². The van der Waals surface area contributed by atoms with E-state index in [0.29, 0.717) is 19.5 Å². The molecule has 0 aromatic heterocycles. The van der Waals surface area contributed by atoms with Gasteiger partial charge in [0.2, 0.25) is 0 Å². The predicted octanol–water partition coefficient (Wildman–Crippen LogP) is 0.857. The molecule has 1 aliphatic heterocycles. The van der Waals surface area contributed by atoms with Gasteiger partial charge < -0.3 is 14.2 Å². The Hall–Kier alpha value is 0.230. The van der Waals surface area contributed by atoms with Gasteiger partial charge in [-0.2, -0.15) is 12.6 Å². The second-order valence-corrected chi connectivity index (χ2v) is 2.67. The Morgan fingerprint density at radius 1 is 1.50 bits per heavy atom. The fourth-order valence-electron chi connectivity index (χ4n) is 0.727. The summed E-state index contributed by atoms with van der Waals surface area (Å²) >= 11 is 4.12. The first-order valence-electron chi connectivity index (χ1n) is 3.26. The molecule has 10 heavy (non-hydrogen) atoms. The lowest BCUT2D eigenvalue weighted by molar-refractivity contribution is -0.310. The normalized spacial score (nSPS) is 24.6. The molecule has 0 aliphatic carbocycles. The number of thiol groups is 1. The topological polar surface area (TPSA) is 27.7 Å².